The maximum atomic E-state index is 11.7. The molecule has 0 radical (unpaired) electrons. The van der Waals surface area contributed by atoms with Gasteiger partial charge >= 0.3 is 5.69 Å². The van der Waals surface area contributed by atoms with Crippen LogP contribution in [-0.4, -0.2) is 22.1 Å². The molecular weight excluding hydrogens is 320 g/mol. The molecule has 120 valence electrons. The van der Waals surface area contributed by atoms with Crippen LogP contribution in [0.3, 0.4) is 0 Å². The monoisotopic (exact) mass is 334 g/mol. The van der Waals surface area contributed by atoms with Gasteiger partial charge < -0.3 is 4.98 Å². The number of H-pyrrole nitrogens is 2. The fourth-order valence-corrected chi connectivity index (χ4v) is 2.07. The van der Waals surface area contributed by atoms with Crippen molar-refractivity contribution in [3.8, 4) is 0 Å². The first-order valence-corrected chi connectivity index (χ1v) is 7.23. The van der Waals surface area contributed by atoms with Gasteiger partial charge in [0.1, 0.15) is 0 Å². The third kappa shape index (κ3) is 4.93. The standard InChI is InChI=1S/C15H15ClN4O3/c1-9-12(14(22)19-15(23)18-9)6-7-13(21)20-17-8-10-2-4-11(16)5-3-10/h2-5,8H,6-7H2,1H3,(H,20,21)(H2,18,19,22,23)/b17-8+. The van der Waals surface area contributed by atoms with Crippen LogP contribution in [-0.2, 0) is 11.2 Å². The summed E-state index contributed by atoms with van der Waals surface area (Å²) in [4.78, 5) is 39.1. The third-order valence-electron chi connectivity index (χ3n) is 3.13. The highest BCUT2D eigenvalue weighted by atomic mass is 35.5. The minimum absolute atomic E-state index is 0.0773. The fourth-order valence-electron chi connectivity index (χ4n) is 1.95. The molecule has 2 rings (SSSR count). The van der Waals surface area contributed by atoms with E-state index in [4.69, 9.17) is 11.6 Å². The summed E-state index contributed by atoms with van der Waals surface area (Å²) in [5.41, 5.74) is 2.96. The van der Waals surface area contributed by atoms with E-state index in [2.05, 4.69) is 20.5 Å². The van der Waals surface area contributed by atoms with Crippen molar-refractivity contribution >= 4 is 23.7 Å². The highest BCUT2D eigenvalue weighted by Gasteiger charge is 2.08. The van der Waals surface area contributed by atoms with Gasteiger partial charge in [-0.1, -0.05) is 23.7 Å². The number of hydrogen-bond acceptors (Lipinski definition) is 4. The second kappa shape index (κ2) is 7.55. The molecule has 0 saturated heterocycles. The number of carbonyl (C=O) groups is 1. The van der Waals surface area contributed by atoms with E-state index in [9.17, 15) is 14.4 Å². The van der Waals surface area contributed by atoms with Gasteiger partial charge in [-0.15, -0.1) is 0 Å². The van der Waals surface area contributed by atoms with Crippen LogP contribution >= 0.6 is 11.6 Å². The van der Waals surface area contributed by atoms with E-state index in [0.29, 0.717) is 16.3 Å². The molecule has 1 aromatic carbocycles. The average molecular weight is 335 g/mol. The predicted octanol–water partition coefficient (Wildman–Crippen LogP) is 1.11. The number of rotatable bonds is 5. The van der Waals surface area contributed by atoms with Crippen molar-refractivity contribution in [3.05, 3.63) is 66.9 Å². The van der Waals surface area contributed by atoms with Crippen molar-refractivity contribution < 1.29 is 4.79 Å². The molecule has 0 atom stereocenters. The molecule has 23 heavy (non-hydrogen) atoms. The Hall–Kier alpha value is -2.67. The maximum absolute atomic E-state index is 11.7. The molecule has 0 spiro atoms. The summed E-state index contributed by atoms with van der Waals surface area (Å²) < 4.78 is 0. The van der Waals surface area contributed by atoms with Crippen LogP contribution in [0.15, 0.2) is 39.0 Å². The smallest absolute Gasteiger partial charge is 0.311 e. The average Bonchev–Trinajstić information content (AvgIpc) is 2.48. The number of carbonyl (C=O) groups excluding carboxylic acids is 1. The van der Waals surface area contributed by atoms with Crippen LogP contribution in [0.1, 0.15) is 23.2 Å². The Morgan fingerprint density at radius 2 is 1.96 bits per heavy atom. The van der Waals surface area contributed by atoms with Crippen LogP contribution in [0, 0.1) is 6.92 Å². The lowest BCUT2D eigenvalue weighted by Gasteiger charge is -2.03. The number of hydrogen-bond donors (Lipinski definition) is 3. The second-order valence-corrected chi connectivity index (χ2v) is 5.29. The van der Waals surface area contributed by atoms with Crippen molar-refractivity contribution in [3.63, 3.8) is 0 Å². The van der Waals surface area contributed by atoms with Crippen molar-refractivity contribution in [2.75, 3.05) is 0 Å². The number of aromatic nitrogens is 2. The molecule has 8 heteroatoms. The van der Waals surface area contributed by atoms with E-state index < -0.39 is 11.2 Å². The van der Waals surface area contributed by atoms with Crippen molar-refractivity contribution in [2.45, 2.75) is 19.8 Å². The summed E-state index contributed by atoms with van der Waals surface area (Å²) in [6, 6.07) is 6.97. The molecule has 2 aromatic rings. The highest BCUT2D eigenvalue weighted by Crippen LogP contribution is 2.07. The summed E-state index contributed by atoms with van der Waals surface area (Å²) in [5, 5.41) is 4.45. The molecule has 0 fully saturated rings. The zero-order chi connectivity index (χ0) is 16.8. The lowest BCUT2D eigenvalue weighted by atomic mass is 10.1. The molecule has 0 unspecified atom stereocenters. The van der Waals surface area contributed by atoms with E-state index in [1.54, 1.807) is 31.2 Å². The first-order chi connectivity index (χ1) is 11.0. The summed E-state index contributed by atoms with van der Waals surface area (Å²) in [6.45, 7) is 1.61. The number of benzene rings is 1. The van der Waals surface area contributed by atoms with Gasteiger partial charge in [0.15, 0.2) is 0 Å². The van der Waals surface area contributed by atoms with E-state index in [-0.39, 0.29) is 18.7 Å². The molecule has 0 aliphatic heterocycles. The number of halogens is 1. The number of aromatic amines is 2. The zero-order valence-corrected chi connectivity index (χ0v) is 13.1. The molecule has 0 aliphatic carbocycles. The van der Waals surface area contributed by atoms with Gasteiger partial charge in [0, 0.05) is 22.7 Å². The van der Waals surface area contributed by atoms with Crippen molar-refractivity contribution in [2.24, 2.45) is 5.10 Å². The Morgan fingerprint density at radius 1 is 1.26 bits per heavy atom. The fraction of sp³-hybridized carbons (Fsp3) is 0.200. The predicted molar refractivity (Wildman–Crippen MR) is 87.9 cm³/mol. The zero-order valence-electron chi connectivity index (χ0n) is 12.4. The first kappa shape index (κ1) is 16.7. The Labute approximate surface area is 136 Å². The second-order valence-electron chi connectivity index (χ2n) is 4.86. The minimum atomic E-state index is -0.562. The van der Waals surface area contributed by atoms with Gasteiger partial charge in [-0.2, -0.15) is 5.10 Å². The Morgan fingerprint density at radius 3 is 2.61 bits per heavy atom. The quantitative estimate of drug-likeness (QED) is 0.563. The maximum Gasteiger partial charge on any atom is 0.325 e. The topological polar surface area (TPSA) is 107 Å². The molecule has 1 aromatic heterocycles. The van der Waals surface area contributed by atoms with Gasteiger partial charge in [0.05, 0.1) is 6.21 Å². The van der Waals surface area contributed by atoms with Gasteiger partial charge in [-0.25, -0.2) is 10.2 Å². The summed E-state index contributed by atoms with van der Waals surface area (Å²) in [6.07, 6.45) is 1.78. The molecular formula is C15H15ClN4O3. The molecule has 1 heterocycles. The molecule has 3 N–H and O–H groups in total. The Balaban J connectivity index is 1.89. The number of amides is 1. The lowest BCUT2D eigenvalue weighted by molar-refractivity contribution is -0.121. The minimum Gasteiger partial charge on any atom is -0.311 e. The SMILES string of the molecule is Cc1[nH]c(=O)[nH]c(=O)c1CCC(=O)N/N=C/c1ccc(Cl)cc1. The summed E-state index contributed by atoms with van der Waals surface area (Å²) >= 11 is 5.77. The van der Waals surface area contributed by atoms with Crippen LogP contribution in [0.5, 0.6) is 0 Å². The van der Waals surface area contributed by atoms with Gasteiger partial charge in [0.25, 0.3) is 5.56 Å². The number of nitrogens with one attached hydrogen (secondary N) is 3. The highest BCUT2D eigenvalue weighted by molar-refractivity contribution is 6.30. The lowest BCUT2D eigenvalue weighted by Crippen LogP contribution is -2.28. The largest absolute Gasteiger partial charge is 0.325 e. The normalized spacial score (nSPS) is 10.9. The molecule has 0 saturated carbocycles. The van der Waals surface area contributed by atoms with Crippen molar-refractivity contribution in [1.82, 2.24) is 15.4 Å². The number of nitrogens with zero attached hydrogens (tertiary/aromatic N) is 1. The van der Waals surface area contributed by atoms with E-state index in [0.717, 1.165) is 5.56 Å². The van der Waals surface area contributed by atoms with Crippen molar-refractivity contribution in [1.29, 1.82) is 0 Å². The number of hydrazone groups is 1. The van der Waals surface area contributed by atoms with Crippen LogP contribution in [0.2, 0.25) is 5.02 Å². The number of aryl methyl sites for hydroxylation is 1. The Bertz CT molecular complexity index is 837. The molecule has 0 bridgehead atoms. The van der Waals surface area contributed by atoms with E-state index in [1.165, 1.54) is 6.21 Å². The third-order valence-corrected chi connectivity index (χ3v) is 3.38. The van der Waals surface area contributed by atoms with Crippen LogP contribution < -0.4 is 16.7 Å². The van der Waals surface area contributed by atoms with Gasteiger partial charge in [0.2, 0.25) is 5.91 Å². The summed E-state index contributed by atoms with van der Waals surface area (Å²) in [7, 11) is 0. The van der Waals surface area contributed by atoms with Gasteiger partial charge in [-0.3, -0.25) is 14.6 Å². The summed E-state index contributed by atoms with van der Waals surface area (Å²) in [5.74, 6) is -0.333. The van der Waals surface area contributed by atoms with Crippen LogP contribution in [0.4, 0.5) is 0 Å². The molecule has 0 aliphatic rings. The molecule has 1 amide bonds. The Kier molecular flexibility index (Phi) is 5.48. The van der Waals surface area contributed by atoms with Crippen LogP contribution in [0.25, 0.3) is 0 Å². The molecule has 7 nitrogen and oxygen atoms in total. The van der Waals surface area contributed by atoms with E-state index in [1.807, 2.05) is 0 Å². The van der Waals surface area contributed by atoms with Gasteiger partial charge in [-0.05, 0) is 31.0 Å². The van der Waals surface area contributed by atoms with E-state index >= 15 is 0 Å². The first-order valence-electron chi connectivity index (χ1n) is 6.85.